The molecule has 0 aliphatic heterocycles. The van der Waals surface area contributed by atoms with Gasteiger partial charge in [-0.1, -0.05) is 6.07 Å². The van der Waals surface area contributed by atoms with E-state index in [9.17, 15) is 8.78 Å². The van der Waals surface area contributed by atoms with E-state index in [0.717, 1.165) is 6.07 Å². The molecular formula is C11H12F2N4. The van der Waals surface area contributed by atoms with Crippen LogP contribution in [0, 0.1) is 11.6 Å². The van der Waals surface area contributed by atoms with Crippen molar-refractivity contribution in [2.45, 2.75) is 20.0 Å². The Kier molecular flexibility index (Phi) is 3.14. The molecule has 0 saturated heterocycles. The lowest BCUT2D eigenvalue weighted by atomic mass is 10.2. The molecule has 0 amide bonds. The molecule has 1 aromatic heterocycles. The van der Waals surface area contributed by atoms with Crippen molar-refractivity contribution < 1.29 is 8.78 Å². The number of hydrogen-bond donors (Lipinski definition) is 1. The highest BCUT2D eigenvalue weighted by Crippen LogP contribution is 2.23. The van der Waals surface area contributed by atoms with Gasteiger partial charge in [-0.25, -0.2) is 8.78 Å². The van der Waals surface area contributed by atoms with E-state index in [1.165, 1.54) is 12.1 Å². The summed E-state index contributed by atoms with van der Waals surface area (Å²) in [5.74, 6) is -0.975. The van der Waals surface area contributed by atoms with E-state index in [4.69, 9.17) is 5.73 Å². The van der Waals surface area contributed by atoms with Crippen molar-refractivity contribution >= 4 is 0 Å². The lowest BCUT2D eigenvalue weighted by molar-refractivity contribution is 0.509. The van der Waals surface area contributed by atoms with Crippen LogP contribution in [0.2, 0.25) is 0 Å². The Morgan fingerprint density at radius 1 is 1.29 bits per heavy atom. The third kappa shape index (κ3) is 1.91. The molecule has 90 valence electrons. The molecule has 2 aromatic rings. The summed E-state index contributed by atoms with van der Waals surface area (Å²) in [6, 6.07) is 3.97. The van der Waals surface area contributed by atoms with Crippen LogP contribution in [0.25, 0.3) is 11.4 Å². The van der Waals surface area contributed by atoms with Gasteiger partial charge in [-0.2, -0.15) is 0 Å². The number of benzene rings is 1. The summed E-state index contributed by atoms with van der Waals surface area (Å²) < 4.78 is 28.4. The van der Waals surface area contributed by atoms with E-state index in [1.54, 1.807) is 4.57 Å². The van der Waals surface area contributed by atoms with Crippen molar-refractivity contribution in [3.8, 4) is 11.4 Å². The highest BCUT2D eigenvalue weighted by molar-refractivity contribution is 5.56. The summed E-state index contributed by atoms with van der Waals surface area (Å²) in [6.45, 7) is 2.62. The second-order valence-corrected chi connectivity index (χ2v) is 3.49. The van der Waals surface area contributed by atoms with Crippen LogP contribution >= 0.6 is 0 Å². The maximum absolute atomic E-state index is 13.6. The van der Waals surface area contributed by atoms with E-state index < -0.39 is 11.6 Å². The maximum atomic E-state index is 13.6. The van der Waals surface area contributed by atoms with E-state index in [1.807, 2.05) is 6.92 Å². The van der Waals surface area contributed by atoms with Gasteiger partial charge in [0, 0.05) is 6.54 Å². The highest BCUT2D eigenvalue weighted by atomic mass is 19.2. The summed E-state index contributed by atoms with van der Waals surface area (Å²) in [7, 11) is 0. The van der Waals surface area contributed by atoms with Gasteiger partial charge in [0.15, 0.2) is 17.5 Å². The molecule has 0 radical (unpaired) electrons. The smallest absolute Gasteiger partial charge is 0.169 e. The number of rotatable bonds is 3. The highest BCUT2D eigenvalue weighted by Gasteiger charge is 2.17. The van der Waals surface area contributed by atoms with E-state index in [0.29, 0.717) is 18.2 Å². The number of nitrogens with two attached hydrogens (primary N) is 1. The van der Waals surface area contributed by atoms with Crippen LogP contribution in [-0.4, -0.2) is 14.8 Å². The number of halogens is 2. The van der Waals surface area contributed by atoms with Crippen LogP contribution in [0.3, 0.4) is 0 Å². The lowest BCUT2D eigenvalue weighted by Gasteiger charge is -2.07. The minimum absolute atomic E-state index is 0.0963. The van der Waals surface area contributed by atoms with Gasteiger partial charge in [-0.3, -0.25) is 0 Å². The first-order chi connectivity index (χ1) is 8.19. The Balaban J connectivity index is 2.60. The first-order valence-corrected chi connectivity index (χ1v) is 5.25. The zero-order valence-corrected chi connectivity index (χ0v) is 9.32. The van der Waals surface area contributed by atoms with Crippen LogP contribution in [0.15, 0.2) is 18.2 Å². The van der Waals surface area contributed by atoms with Crippen LogP contribution < -0.4 is 5.73 Å². The number of aromatic nitrogens is 3. The van der Waals surface area contributed by atoms with E-state index in [-0.39, 0.29) is 12.1 Å². The van der Waals surface area contributed by atoms with E-state index in [2.05, 4.69) is 10.2 Å². The average molecular weight is 238 g/mol. The first kappa shape index (κ1) is 11.7. The first-order valence-electron chi connectivity index (χ1n) is 5.25. The standard InChI is InChI=1S/C11H12F2N4/c1-2-17-9(6-14)15-16-11(17)7-4-3-5-8(12)10(7)13/h3-5H,2,6,14H2,1H3. The van der Waals surface area contributed by atoms with Crippen LogP contribution in [0.5, 0.6) is 0 Å². The monoisotopic (exact) mass is 238 g/mol. The molecule has 0 aliphatic carbocycles. The Bertz CT molecular complexity index is 536. The van der Waals surface area contributed by atoms with Gasteiger partial charge in [0.05, 0.1) is 12.1 Å². The molecule has 17 heavy (non-hydrogen) atoms. The molecule has 0 atom stereocenters. The average Bonchev–Trinajstić information content (AvgIpc) is 2.75. The van der Waals surface area contributed by atoms with Gasteiger partial charge in [-0.05, 0) is 19.1 Å². The fourth-order valence-corrected chi connectivity index (χ4v) is 1.69. The van der Waals surface area contributed by atoms with Crippen LogP contribution in [0.4, 0.5) is 8.78 Å². The van der Waals surface area contributed by atoms with E-state index >= 15 is 0 Å². The Hall–Kier alpha value is -1.82. The van der Waals surface area contributed by atoms with Crippen molar-refractivity contribution in [3.63, 3.8) is 0 Å². The summed E-state index contributed by atoms with van der Waals surface area (Å²) in [4.78, 5) is 0. The van der Waals surface area contributed by atoms with Crippen LogP contribution in [-0.2, 0) is 13.1 Å². The van der Waals surface area contributed by atoms with Gasteiger partial charge in [0.1, 0.15) is 5.82 Å². The SMILES string of the molecule is CCn1c(CN)nnc1-c1cccc(F)c1F. The molecule has 0 bridgehead atoms. The van der Waals surface area contributed by atoms with Crippen molar-refractivity contribution in [1.82, 2.24) is 14.8 Å². The number of nitrogens with zero attached hydrogens (tertiary/aromatic N) is 3. The molecule has 0 saturated carbocycles. The van der Waals surface area contributed by atoms with Crippen molar-refractivity contribution in [2.75, 3.05) is 0 Å². The van der Waals surface area contributed by atoms with Gasteiger partial charge in [-0.15, -0.1) is 10.2 Å². The quantitative estimate of drug-likeness (QED) is 0.885. The molecular weight excluding hydrogens is 226 g/mol. The molecule has 4 nitrogen and oxygen atoms in total. The molecule has 0 unspecified atom stereocenters. The minimum Gasteiger partial charge on any atom is -0.324 e. The largest absolute Gasteiger partial charge is 0.324 e. The molecule has 0 aliphatic rings. The maximum Gasteiger partial charge on any atom is 0.169 e. The molecule has 2 rings (SSSR count). The summed E-state index contributed by atoms with van der Waals surface area (Å²) >= 11 is 0. The zero-order chi connectivity index (χ0) is 12.4. The molecule has 1 heterocycles. The van der Waals surface area contributed by atoms with Gasteiger partial charge in [0.25, 0.3) is 0 Å². The van der Waals surface area contributed by atoms with Crippen molar-refractivity contribution in [3.05, 3.63) is 35.7 Å². The molecule has 6 heteroatoms. The number of hydrogen-bond acceptors (Lipinski definition) is 3. The predicted molar refractivity (Wildman–Crippen MR) is 58.9 cm³/mol. The van der Waals surface area contributed by atoms with Gasteiger partial charge < -0.3 is 10.3 Å². The Morgan fingerprint density at radius 2 is 2.06 bits per heavy atom. The van der Waals surface area contributed by atoms with Crippen molar-refractivity contribution in [1.29, 1.82) is 0 Å². The van der Waals surface area contributed by atoms with Gasteiger partial charge in [0.2, 0.25) is 0 Å². The summed E-state index contributed by atoms with van der Waals surface area (Å²) in [5.41, 5.74) is 5.59. The topological polar surface area (TPSA) is 56.7 Å². The summed E-state index contributed by atoms with van der Waals surface area (Å²) in [5, 5.41) is 7.71. The minimum atomic E-state index is -0.918. The Labute approximate surface area is 97.1 Å². The second kappa shape index (κ2) is 4.58. The fraction of sp³-hybridized carbons (Fsp3) is 0.273. The zero-order valence-electron chi connectivity index (χ0n) is 9.32. The third-order valence-corrected chi connectivity index (χ3v) is 2.52. The van der Waals surface area contributed by atoms with Crippen LogP contribution in [0.1, 0.15) is 12.7 Å². The lowest BCUT2D eigenvalue weighted by Crippen LogP contribution is -2.08. The van der Waals surface area contributed by atoms with Gasteiger partial charge >= 0.3 is 0 Å². The summed E-state index contributed by atoms with van der Waals surface area (Å²) in [6.07, 6.45) is 0. The second-order valence-electron chi connectivity index (χ2n) is 3.49. The Morgan fingerprint density at radius 3 is 2.71 bits per heavy atom. The molecule has 0 fully saturated rings. The van der Waals surface area contributed by atoms with Crippen molar-refractivity contribution in [2.24, 2.45) is 5.73 Å². The molecule has 0 spiro atoms. The molecule has 2 N–H and O–H groups in total. The fourth-order valence-electron chi connectivity index (χ4n) is 1.69. The molecule has 1 aromatic carbocycles. The normalized spacial score (nSPS) is 10.8. The predicted octanol–water partition coefficient (Wildman–Crippen LogP) is 1.70. The third-order valence-electron chi connectivity index (χ3n) is 2.52.